The largest absolute Gasteiger partial charge is 0.453 e. The van der Waals surface area contributed by atoms with Crippen LogP contribution in [0.1, 0.15) is 34.0 Å². The number of guanidine groups is 1. The van der Waals surface area contributed by atoms with Gasteiger partial charge in [-0.05, 0) is 17.7 Å². The summed E-state index contributed by atoms with van der Waals surface area (Å²) in [6.45, 7) is 0. The van der Waals surface area contributed by atoms with E-state index >= 15 is 0 Å². The minimum atomic E-state index is -0.410. The van der Waals surface area contributed by atoms with E-state index in [9.17, 15) is 4.79 Å². The highest BCUT2D eigenvalue weighted by Crippen LogP contribution is 2.33. The molecule has 1 aliphatic rings. The topological polar surface area (TPSA) is 88.5 Å². The average Bonchev–Trinajstić information content (AvgIpc) is 2.90. The van der Waals surface area contributed by atoms with Gasteiger partial charge in [-0.25, -0.2) is 9.79 Å². The molecule has 3 N–H and O–H groups in total. The lowest BCUT2D eigenvalue weighted by Crippen LogP contribution is -2.12. The molecule has 3 rings (SSSR count). The molecule has 2 aromatic carbocycles. The van der Waals surface area contributed by atoms with E-state index < -0.39 is 6.10 Å². The number of fused-ring (bicyclic) bond motifs is 1. The number of ether oxygens (including phenoxy) is 1. The van der Waals surface area contributed by atoms with Crippen molar-refractivity contribution in [1.29, 1.82) is 5.41 Å². The van der Waals surface area contributed by atoms with Crippen molar-refractivity contribution in [3.05, 3.63) is 77.4 Å². The zero-order valence-electron chi connectivity index (χ0n) is 13.0. The van der Waals surface area contributed by atoms with Crippen molar-refractivity contribution in [2.45, 2.75) is 12.5 Å². The van der Waals surface area contributed by atoms with Gasteiger partial charge in [0, 0.05) is 17.7 Å². The van der Waals surface area contributed by atoms with E-state index in [2.05, 4.69) is 4.99 Å². The number of aliphatic imine (C=N–C) groups is 1. The summed E-state index contributed by atoms with van der Waals surface area (Å²) < 4.78 is 5.43. The summed E-state index contributed by atoms with van der Waals surface area (Å²) in [5.41, 5.74) is 8.43. The number of hydrogen-bond donors (Lipinski definition) is 2. The lowest BCUT2D eigenvalue weighted by atomic mass is 10.0. The lowest BCUT2D eigenvalue weighted by molar-refractivity contribution is 0.0401. The van der Waals surface area contributed by atoms with Gasteiger partial charge in [0.1, 0.15) is 6.10 Å². The Morgan fingerprint density at radius 3 is 2.62 bits per heavy atom. The second-order valence-electron chi connectivity index (χ2n) is 5.42. The number of carbonyl (C=O) groups is 1. The van der Waals surface area contributed by atoms with E-state index in [1.165, 1.54) is 0 Å². The highest BCUT2D eigenvalue weighted by molar-refractivity contribution is 6.05. The first-order valence-electron chi connectivity index (χ1n) is 7.58. The molecule has 2 aromatic rings. The van der Waals surface area contributed by atoms with Crippen molar-refractivity contribution in [3.8, 4) is 0 Å². The second-order valence-corrected chi connectivity index (χ2v) is 5.42. The summed E-state index contributed by atoms with van der Waals surface area (Å²) >= 11 is 0. The molecule has 0 saturated carbocycles. The normalized spacial score (nSPS) is 16.9. The van der Waals surface area contributed by atoms with Crippen molar-refractivity contribution in [2.24, 2.45) is 10.7 Å². The number of nitrogens with zero attached hydrogens (tertiary/aromatic N) is 1. The Balaban J connectivity index is 1.83. The number of nitrogens with two attached hydrogens (primary N) is 1. The van der Waals surface area contributed by atoms with Crippen molar-refractivity contribution in [1.82, 2.24) is 0 Å². The van der Waals surface area contributed by atoms with Crippen molar-refractivity contribution in [2.75, 3.05) is 0 Å². The van der Waals surface area contributed by atoms with Gasteiger partial charge in [-0.1, -0.05) is 54.6 Å². The summed E-state index contributed by atoms with van der Waals surface area (Å²) in [6.07, 6.45) is 3.65. The lowest BCUT2D eigenvalue weighted by Gasteiger charge is -2.10. The summed E-state index contributed by atoms with van der Waals surface area (Å²) in [7, 11) is 0. The van der Waals surface area contributed by atoms with Crippen LogP contribution in [0.3, 0.4) is 0 Å². The maximum absolute atomic E-state index is 11.9. The quantitative estimate of drug-likeness (QED) is 0.514. The zero-order chi connectivity index (χ0) is 16.9. The fourth-order valence-corrected chi connectivity index (χ4v) is 2.62. The molecule has 1 aliphatic heterocycles. The van der Waals surface area contributed by atoms with Crippen LogP contribution in [0.4, 0.5) is 0 Å². The summed E-state index contributed by atoms with van der Waals surface area (Å²) in [6, 6.07) is 17.1. The van der Waals surface area contributed by atoms with Gasteiger partial charge in [0.2, 0.25) is 5.96 Å². The third-order valence-corrected chi connectivity index (χ3v) is 3.70. The molecule has 5 heteroatoms. The second kappa shape index (κ2) is 6.91. The average molecular weight is 319 g/mol. The molecule has 0 aliphatic carbocycles. The number of rotatable bonds is 4. The Hall–Kier alpha value is -3.21. The molecular weight excluding hydrogens is 302 g/mol. The summed E-state index contributed by atoms with van der Waals surface area (Å²) in [4.78, 5) is 16.0. The molecule has 0 bridgehead atoms. The fourth-order valence-electron chi connectivity index (χ4n) is 2.62. The van der Waals surface area contributed by atoms with Crippen LogP contribution in [0.2, 0.25) is 0 Å². The molecule has 24 heavy (non-hydrogen) atoms. The van der Waals surface area contributed by atoms with E-state index in [1.807, 2.05) is 54.6 Å². The molecule has 0 saturated heterocycles. The van der Waals surface area contributed by atoms with E-state index in [0.717, 1.165) is 11.1 Å². The molecule has 0 amide bonds. The molecular formula is C19H17N3O2. The van der Waals surface area contributed by atoms with Crippen LogP contribution in [0.5, 0.6) is 0 Å². The fraction of sp³-hybridized carbons (Fsp3) is 0.105. The SMILES string of the molecule is N=C(N)/N=C(\C=C\c1ccccc1)CC1OC(=O)c2ccccc21. The summed E-state index contributed by atoms with van der Waals surface area (Å²) in [5.74, 6) is -0.606. The van der Waals surface area contributed by atoms with Gasteiger partial charge < -0.3 is 10.5 Å². The van der Waals surface area contributed by atoms with Crippen LogP contribution in [0.15, 0.2) is 65.7 Å². The molecule has 1 heterocycles. The van der Waals surface area contributed by atoms with Crippen LogP contribution in [0, 0.1) is 5.41 Å². The third kappa shape index (κ3) is 3.57. The van der Waals surface area contributed by atoms with E-state index in [0.29, 0.717) is 17.7 Å². The van der Waals surface area contributed by atoms with Gasteiger partial charge in [-0.2, -0.15) is 0 Å². The Morgan fingerprint density at radius 2 is 1.88 bits per heavy atom. The first-order chi connectivity index (χ1) is 11.6. The number of carbonyl (C=O) groups excluding carboxylic acids is 1. The number of benzene rings is 2. The zero-order valence-corrected chi connectivity index (χ0v) is 13.0. The molecule has 0 spiro atoms. The Labute approximate surface area is 140 Å². The van der Waals surface area contributed by atoms with Gasteiger partial charge in [0.25, 0.3) is 0 Å². The van der Waals surface area contributed by atoms with Gasteiger partial charge >= 0.3 is 5.97 Å². The van der Waals surface area contributed by atoms with E-state index in [1.54, 1.807) is 12.1 Å². The van der Waals surface area contributed by atoms with Crippen LogP contribution in [-0.4, -0.2) is 17.6 Å². The van der Waals surface area contributed by atoms with Gasteiger partial charge in [-0.15, -0.1) is 0 Å². The number of hydrogen-bond acceptors (Lipinski definition) is 3. The van der Waals surface area contributed by atoms with Crippen molar-refractivity contribution in [3.63, 3.8) is 0 Å². The highest BCUT2D eigenvalue weighted by atomic mass is 16.5. The molecule has 1 atom stereocenters. The smallest absolute Gasteiger partial charge is 0.339 e. The monoisotopic (exact) mass is 319 g/mol. The number of cyclic esters (lactones) is 1. The van der Waals surface area contributed by atoms with Crippen LogP contribution >= 0.6 is 0 Å². The van der Waals surface area contributed by atoms with Crippen LogP contribution < -0.4 is 5.73 Å². The molecule has 0 radical (unpaired) electrons. The first-order valence-corrected chi connectivity index (χ1v) is 7.58. The van der Waals surface area contributed by atoms with Gasteiger partial charge in [0.05, 0.1) is 5.56 Å². The molecule has 0 aromatic heterocycles. The maximum atomic E-state index is 11.9. The number of nitrogens with one attached hydrogen (secondary N) is 1. The molecule has 5 nitrogen and oxygen atoms in total. The predicted molar refractivity (Wildman–Crippen MR) is 94.0 cm³/mol. The van der Waals surface area contributed by atoms with E-state index in [-0.39, 0.29) is 11.9 Å². The Morgan fingerprint density at radius 1 is 1.17 bits per heavy atom. The minimum absolute atomic E-state index is 0.277. The Bertz CT molecular complexity index is 826. The predicted octanol–water partition coefficient (Wildman–Crippen LogP) is 3.34. The highest BCUT2D eigenvalue weighted by Gasteiger charge is 2.31. The summed E-state index contributed by atoms with van der Waals surface area (Å²) in [5, 5.41) is 7.42. The van der Waals surface area contributed by atoms with Crippen molar-refractivity contribution < 1.29 is 9.53 Å². The third-order valence-electron chi connectivity index (χ3n) is 3.70. The van der Waals surface area contributed by atoms with Crippen LogP contribution in [-0.2, 0) is 4.74 Å². The van der Waals surface area contributed by atoms with Gasteiger partial charge in [-0.3, -0.25) is 5.41 Å². The van der Waals surface area contributed by atoms with Crippen molar-refractivity contribution >= 4 is 23.7 Å². The number of allylic oxidation sites excluding steroid dienone is 1. The molecule has 120 valence electrons. The van der Waals surface area contributed by atoms with Gasteiger partial charge in [0.15, 0.2) is 0 Å². The molecule has 1 unspecified atom stereocenters. The number of esters is 1. The maximum Gasteiger partial charge on any atom is 0.339 e. The van der Waals surface area contributed by atoms with E-state index in [4.69, 9.17) is 15.9 Å². The minimum Gasteiger partial charge on any atom is -0.453 e. The first kappa shape index (κ1) is 15.7. The molecule has 0 fully saturated rings. The Kier molecular flexibility index (Phi) is 4.52. The van der Waals surface area contributed by atoms with Crippen LogP contribution in [0.25, 0.3) is 6.08 Å². The standard InChI is InChI=1S/C19H17N3O2/c20-19(21)22-14(11-10-13-6-2-1-3-7-13)12-17-15-8-4-5-9-16(15)18(23)24-17/h1-11,17H,12H2,(H3,20,21)/b11-10+,22-14+.